The molecule has 0 unspecified atom stereocenters. The summed E-state index contributed by atoms with van der Waals surface area (Å²) in [6, 6.07) is 0. The number of rotatable bonds is 0. The van der Waals surface area contributed by atoms with Crippen molar-refractivity contribution in [2.24, 2.45) is 0 Å². The van der Waals surface area contributed by atoms with Crippen LogP contribution in [0.4, 0.5) is 0 Å². The molecule has 0 atom stereocenters. The number of hydrogen-bond acceptors (Lipinski definition) is 0. The minimum Gasteiger partial charge on any atom is -2.00 e. The van der Waals surface area contributed by atoms with Crippen LogP contribution in [0.3, 0.4) is 0 Å². The minimum absolute atomic E-state index is 0. The second kappa shape index (κ2) is 78.1. The zero-order valence-electron chi connectivity index (χ0n) is 7.35. The first-order chi connectivity index (χ1) is 0. The van der Waals surface area contributed by atoms with Gasteiger partial charge in [0.1, 0.15) is 0 Å². The maximum atomic E-state index is 0. The van der Waals surface area contributed by atoms with Crippen molar-refractivity contribution in [3.8, 4) is 0 Å². The van der Waals surface area contributed by atoms with Gasteiger partial charge >= 0.3 is 80.2 Å². The van der Waals surface area contributed by atoms with Gasteiger partial charge in [-0.3, -0.25) is 0 Å². The molecule has 0 aliphatic rings. The van der Waals surface area contributed by atoms with Crippen molar-refractivity contribution in [3.05, 3.63) is 0 Å². The van der Waals surface area contributed by atoms with Gasteiger partial charge in [-0.1, -0.05) is 0 Å². The molecule has 0 aromatic heterocycles. The summed E-state index contributed by atoms with van der Waals surface area (Å²) in [7, 11) is 0. The fraction of sp³-hybridized carbons (Fsp3) is 0. The van der Waals surface area contributed by atoms with Gasteiger partial charge in [0.15, 0.2) is 0 Å². The normalized spacial score (nSPS) is 0. The summed E-state index contributed by atoms with van der Waals surface area (Å²) < 4.78 is 0. The smallest absolute Gasteiger partial charge is 2.00 e. The van der Waals surface area contributed by atoms with Gasteiger partial charge in [0.2, 0.25) is 0 Å². The van der Waals surface area contributed by atoms with E-state index in [1.54, 1.807) is 0 Å². The molecule has 42 valence electrons. The standard InChI is InChI=1S/2Fe.2Mg.3O.4H/q2*+3;2*+2;3*-2;4*-1. The molecule has 0 aliphatic carbocycles. The Bertz CT molecular complexity index is 21.3. The molecule has 0 heterocycles. The van der Waals surface area contributed by atoms with Crippen molar-refractivity contribution in [3.63, 3.8) is 0 Å². The first-order valence-corrected chi connectivity index (χ1v) is 0. The van der Waals surface area contributed by atoms with Gasteiger partial charge in [-0.05, 0) is 0 Å². The summed E-state index contributed by atoms with van der Waals surface area (Å²) in [5.41, 5.74) is 0. The third-order valence-corrected chi connectivity index (χ3v) is 0. The van der Waals surface area contributed by atoms with E-state index in [9.17, 15) is 0 Å². The van der Waals surface area contributed by atoms with E-state index in [0.29, 0.717) is 0 Å². The largest absolute Gasteiger partial charge is 3.00 e. The van der Waals surface area contributed by atoms with Gasteiger partial charge in [0.05, 0.1) is 0 Å². The van der Waals surface area contributed by atoms with E-state index in [4.69, 9.17) is 0 Å². The van der Waals surface area contributed by atoms with Gasteiger partial charge in [0, 0.05) is 0 Å². The zero-order chi connectivity index (χ0) is 0. The Morgan fingerprint density at radius 2 is 0.571 bits per heavy atom. The molecule has 0 rings (SSSR count). The molecule has 0 saturated heterocycles. The molecule has 7 heteroatoms. The first kappa shape index (κ1) is 112. The molecule has 0 saturated carbocycles. The van der Waals surface area contributed by atoms with E-state index in [2.05, 4.69) is 0 Å². The Hall–Kier alpha value is 2.45. The maximum absolute atomic E-state index is 0. The van der Waals surface area contributed by atoms with Crippen LogP contribution in [0.5, 0.6) is 0 Å². The fourth-order valence-electron chi connectivity index (χ4n) is 0. The summed E-state index contributed by atoms with van der Waals surface area (Å²) in [6.45, 7) is 0. The Balaban J connectivity index is 0. The Labute approximate surface area is 101 Å². The van der Waals surface area contributed by atoms with Gasteiger partial charge < -0.3 is 22.1 Å². The van der Waals surface area contributed by atoms with Crippen molar-refractivity contribution < 1.29 is 56.3 Å². The van der Waals surface area contributed by atoms with Crippen molar-refractivity contribution in [1.29, 1.82) is 0 Å². The molecule has 0 aromatic rings. The van der Waals surface area contributed by atoms with E-state index in [-0.39, 0.29) is 102 Å². The van der Waals surface area contributed by atoms with Gasteiger partial charge in [-0.25, -0.2) is 0 Å². The minimum atomic E-state index is 0. The van der Waals surface area contributed by atoms with E-state index >= 15 is 0 Å². The van der Waals surface area contributed by atoms with Crippen molar-refractivity contribution in [2.75, 3.05) is 0 Å². The molecule has 3 nitrogen and oxygen atoms in total. The molecule has 0 N–H and O–H groups in total. The molecule has 0 amide bonds. The van der Waals surface area contributed by atoms with Crippen LogP contribution >= 0.6 is 0 Å². The van der Waals surface area contributed by atoms with Crippen LogP contribution in [0.1, 0.15) is 5.71 Å². The summed E-state index contributed by atoms with van der Waals surface area (Å²) >= 11 is 0. The average molecular weight is 212 g/mol. The van der Waals surface area contributed by atoms with Crippen LogP contribution in [0.25, 0.3) is 0 Å². The van der Waals surface area contributed by atoms with Crippen LogP contribution in [0.2, 0.25) is 0 Å². The first-order valence-electron chi connectivity index (χ1n) is 0. The van der Waals surface area contributed by atoms with Gasteiger partial charge in [-0.2, -0.15) is 0 Å². The van der Waals surface area contributed by atoms with Gasteiger partial charge in [-0.15, -0.1) is 0 Å². The van der Waals surface area contributed by atoms with Crippen LogP contribution in [-0.2, 0) is 50.6 Å². The van der Waals surface area contributed by atoms with Crippen LogP contribution in [0, 0.1) is 0 Å². The maximum Gasteiger partial charge on any atom is 3.00 e. The van der Waals surface area contributed by atoms with E-state index < -0.39 is 0 Å². The Morgan fingerprint density at radius 1 is 0.571 bits per heavy atom. The molecular formula is H4Fe2Mg2O3. The molecular weight excluding hydrogens is 208 g/mol. The van der Waals surface area contributed by atoms with Crippen molar-refractivity contribution >= 4 is 46.1 Å². The monoisotopic (exact) mass is 212 g/mol. The van der Waals surface area contributed by atoms with Gasteiger partial charge in [0.25, 0.3) is 0 Å². The summed E-state index contributed by atoms with van der Waals surface area (Å²) in [6.07, 6.45) is 0. The molecule has 0 aromatic carbocycles. The Morgan fingerprint density at radius 3 is 0.571 bits per heavy atom. The summed E-state index contributed by atoms with van der Waals surface area (Å²) in [4.78, 5) is 0. The van der Waals surface area contributed by atoms with Crippen molar-refractivity contribution in [1.82, 2.24) is 0 Å². The third kappa shape index (κ3) is 58.5. The number of hydrogen-bond donors (Lipinski definition) is 0. The Kier molecular flexibility index (Phi) is 1250. The zero-order valence-corrected chi connectivity index (χ0v) is 8.38. The van der Waals surface area contributed by atoms with Crippen LogP contribution < -0.4 is 0 Å². The quantitative estimate of drug-likeness (QED) is 0.477. The molecule has 0 aliphatic heterocycles. The SMILES string of the molecule is [Fe+3].[Fe+3].[H-].[H-].[H-].[H-].[Mg+2].[Mg+2].[O-2].[O-2].[O-2]. The predicted molar refractivity (Wildman–Crippen MR) is 18.0 cm³/mol. The second-order valence-corrected chi connectivity index (χ2v) is 0. The topological polar surface area (TPSA) is 85.5 Å². The van der Waals surface area contributed by atoms with Crippen LogP contribution in [0.15, 0.2) is 0 Å². The summed E-state index contributed by atoms with van der Waals surface area (Å²) in [5, 5.41) is 0. The molecule has 0 fully saturated rings. The molecule has 2 radical (unpaired) electrons. The predicted octanol–water partition coefficient (Wildman–Crippen LogP) is -0.673. The molecule has 0 spiro atoms. The van der Waals surface area contributed by atoms with E-state index in [1.807, 2.05) is 0 Å². The van der Waals surface area contributed by atoms with E-state index in [1.165, 1.54) is 0 Å². The van der Waals surface area contributed by atoms with Crippen LogP contribution in [-0.4, -0.2) is 46.1 Å². The molecule has 0 bridgehead atoms. The van der Waals surface area contributed by atoms with Crippen molar-refractivity contribution in [2.45, 2.75) is 0 Å². The summed E-state index contributed by atoms with van der Waals surface area (Å²) in [5.74, 6) is 0. The average Bonchev–Trinajstić information content (AvgIpc) is 0. The molecule has 7 heavy (non-hydrogen) atoms. The van der Waals surface area contributed by atoms with E-state index in [0.717, 1.165) is 0 Å². The second-order valence-electron chi connectivity index (χ2n) is 0. The fourth-order valence-corrected chi connectivity index (χ4v) is 0. The third-order valence-electron chi connectivity index (χ3n) is 0.